The fourth-order valence-corrected chi connectivity index (χ4v) is 3.38. The van der Waals surface area contributed by atoms with Gasteiger partial charge in [0.25, 0.3) is 0 Å². The number of nitrogens with zero attached hydrogens (tertiary/aromatic N) is 4. The van der Waals surface area contributed by atoms with Crippen LogP contribution in [0.5, 0.6) is 0 Å². The quantitative estimate of drug-likeness (QED) is 0.564. The zero-order valence-corrected chi connectivity index (χ0v) is 14.9. The Morgan fingerprint density at radius 2 is 1.72 bits per heavy atom. The van der Waals surface area contributed by atoms with E-state index in [2.05, 4.69) is 88.0 Å². The highest BCUT2D eigenvalue weighted by atomic mass is 15.1. The summed E-state index contributed by atoms with van der Waals surface area (Å²) >= 11 is 0. The highest BCUT2D eigenvalue weighted by molar-refractivity contribution is 5.82. The van der Waals surface area contributed by atoms with E-state index in [0.717, 1.165) is 30.3 Å². The van der Waals surface area contributed by atoms with Gasteiger partial charge in [-0.05, 0) is 49.4 Å². The monoisotopic (exact) mass is 330 g/mol. The van der Waals surface area contributed by atoms with Crippen LogP contribution in [-0.4, -0.2) is 26.3 Å². The van der Waals surface area contributed by atoms with Crippen molar-refractivity contribution in [2.24, 2.45) is 0 Å². The van der Waals surface area contributed by atoms with E-state index in [0.29, 0.717) is 0 Å². The van der Waals surface area contributed by atoms with Crippen molar-refractivity contribution >= 4 is 16.6 Å². The summed E-state index contributed by atoms with van der Waals surface area (Å²) in [5.41, 5.74) is 4.53. The topological polar surface area (TPSA) is 33.4 Å². The fourth-order valence-electron chi connectivity index (χ4n) is 3.38. The Labute approximate surface area is 147 Å². The molecule has 0 saturated carbocycles. The molecule has 0 atom stereocenters. The van der Waals surface area contributed by atoms with E-state index in [1.54, 1.807) is 0 Å². The Hall–Kier alpha value is -2.72. The Morgan fingerprint density at radius 3 is 2.56 bits per heavy atom. The number of aryl methyl sites for hydroxylation is 2. The minimum atomic E-state index is 0.784. The molecule has 4 rings (SSSR count). The largest absolute Gasteiger partial charge is 0.296 e. The van der Waals surface area contributed by atoms with Crippen LogP contribution >= 0.6 is 0 Å². The maximum absolute atomic E-state index is 4.68. The van der Waals surface area contributed by atoms with E-state index in [-0.39, 0.29) is 0 Å². The first-order valence-corrected chi connectivity index (χ1v) is 8.57. The van der Waals surface area contributed by atoms with Crippen LogP contribution in [-0.2, 0) is 13.1 Å². The van der Waals surface area contributed by atoms with Crippen molar-refractivity contribution in [3.8, 4) is 0 Å². The van der Waals surface area contributed by atoms with Crippen LogP contribution in [0.15, 0.2) is 54.7 Å². The number of hydrogen-bond acceptors (Lipinski definition) is 3. The van der Waals surface area contributed by atoms with Crippen molar-refractivity contribution in [3.63, 3.8) is 0 Å². The van der Waals surface area contributed by atoms with Gasteiger partial charge in [-0.2, -0.15) is 0 Å². The van der Waals surface area contributed by atoms with Crippen LogP contribution in [0.2, 0.25) is 0 Å². The summed E-state index contributed by atoms with van der Waals surface area (Å²) in [6, 6.07) is 17.2. The maximum Gasteiger partial charge on any atom is 0.234 e. The first-order valence-electron chi connectivity index (χ1n) is 8.57. The van der Waals surface area contributed by atoms with Gasteiger partial charge in [-0.15, -0.1) is 0 Å². The van der Waals surface area contributed by atoms with Crippen LogP contribution < -0.4 is 0 Å². The molecule has 0 fully saturated rings. The van der Waals surface area contributed by atoms with E-state index >= 15 is 0 Å². The van der Waals surface area contributed by atoms with Gasteiger partial charge in [0.05, 0.1) is 5.69 Å². The first-order chi connectivity index (χ1) is 12.1. The summed E-state index contributed by atoms with van der Waals surface area (Å²) in [4.78, 5) is 11.5. The summed E-state index contributed by atoms with van der Waals surface area (Å²) in [6.07, 6.45) is 2.09. The zero-order chi connectivity index (χ0) is 17.4. The van der Waals surface area contributed by atoms with E-state index in [4.69, 9.17) is 0 Å². The summed E-state index contributed by atoms with van der Waals surface area (Å²) in [5, 5.41) is 2.57. The van der Waals surface area contributed by atoms with Crippen molar-refractivity contribution < 1.29 is 0 Å². The molecule has 0 bridgehead atoms. The molecule has 0 saturated heterocycles. The third kappa shape index (κ3) is 3.26. The Bertz CT molecular complexity index is 1050. The lowest BCUT2D eigenvalue weighted by molar-refractivity contribution is 0.316. The predicted molar refractivity (Wildman–Crippen MR) is 102 cm³/mol. The average Bonchev–Trinajstić information content (AvgIpc) is 2.97. The van der Waals surface area contributed by atoms with Crippen LogP contribution in [0.3, 0.4) is 0 Å². The molecule has 0 unspecified atom stereocenters. The van der Waals surface area contributed by atoms with Gasteiger partial charge in [0.15, 0.2) is 0 Å². The Kier molecular flexibility index (Phi) is 3.98. The second kappa shape index (κ2) is 6.30. The third-order valence-corrected chi connectivity index (χ3v) is 4.51. The van der Waals surface area contributed by atoms with Gasteiger partial charge in [0.2, 0.25) is 5.78 Å². The van der Waals surface area contributed by atoms with Crippen LogP contribution in [0.25, 0.3) is 16.6 Å². The van der Waals surface area contributed by atoms with Gasteiger partial charge in [0.1, 0.15) is 0 Å². The number of benzene rings is 2. The van der Waals surface area contributed by atoms with E-state index in [1.165, 1.54) is 22.0 Å². The average molecular weight is 330 g/mol. The molecule has 2 heterocycles. The highest BCUT2D eigenvalue weighted by Crippen LogP contribution is 2.17. The molecule has 2 aromatic carbocycles. The smallest absolute Gasteiger partial charge is 0.234 e. The van der Waals surface area contributed by atoms with Gasteiger partial charge >= 0.3 is 0 Å². The van der Waals surface area contributed by atoms with Gasteiger partial charge in [-0.1, -0.05) is 36.4 Å². The van der Waals surface area contributed by atoms with E-state index in [1.807, 2.05) is 6.92 Å². The summed E-state index contributed by atoms with van der Waals surface area (Å²) < 4.78 is 2.06. The second-order valence-corrected chi connectivity index (χ2v) is 6.79. The van der Waals surface area contributed by atoms with Gasteiger partial charge in [0, 0.05) is 30.7 Å². The summed E-state index contributed by atoms with van der Waals surface area (Å²) in [5.74, 6) is 0.784. The van der Waals surface area contributed by atoms with Crippen molar-refractivity contribution in [1.82, 2.24) is 19.3 Å². The number of fused-ring (bicyclic) bond motifs is 2. The number of aromatic nitrogens is 3. The van der Waals surface area contributed by atoms with Crippen molar-refractivity contribution in [3.05, 3.63) is 77.4 Å². The minimum Gasteiger partial charge on any atom is -0.296 e. The standard InChI is InChI=1S/C21H22N4/c1-15-10-16(2)25-14-20(23-21(25)22-15)13-24(3)12-17-8-9-18-6-4-5-7-19(18)11-17/h4-11,14H,12-13H2,1-3H3. The second-order valence-electron chi connectivity index (χ2n) is 6.79. The normalized spacial score (nSPS) is 11.7. The summed E-state index contributed by atoms with van der Waals surface area (Å²) in [6.45, 7) is 5.79. The summed E-state index contributed by atoms with van der Waals surface area (Å²) in [7, 11) is 2.13. The lowest BCUT2D eigenvalue weighted by atomic mass is 10.1. The number of imidazole rings is 1. The Balaban J connectivity index is 1.53. The molecule has 4 nitrogen and oxygen atoms in total. The van der Waals surface area contributed by atoms with E-state index < -0.39 is 0 Å². The molecule has 0 spiro atoms. The molecule has 0 N–H and O–H groups in total. The van der Waals surface area contributed by atoms with Gasteiger partial charge in [-0.25, -0.2) is 9.97 Å². The van der Waals surface area contributed by atoms with Crippen LogP contribution in [0.4, 0.5) is 0 Å². The SMILES string of the molecule is Cc1cc(C)n2cc(CN(C)Cc3ccc4ccccc4c3)nc2n1. The van der Waals surface area contributed by atoms with Crippen LogP contribution in [0.1, 0.15) is 22.6 Å². The lowest BCUT2D eigenvalue weighted by Gasteiger charge is -2.15. The lowest BCUT2D eigenvalue weighted by Crippen LogP contribution is -2.17. The van der Waals surface area contributed by atoms with Gasteiger partial charge in [-0.3, -0.25) is 9.30 Å². The minimum absolute atomic E-state index is 0.784. The van der Waals surface area contributed by atoms with Crippen LogP contribution in [0, 0.1) is 13.8 Å². The third-order valence-electron chi connectivity index (χ3n) is 4.51. The maximum atomic E-state index is 4.68. The van der Waals surface area contributed by atoms with Crippen molar-refractivity contribution in [2.75, 3.05) is 7.05 Å². The number of hydrogen-bond donors (Lipinski definition) is 0. The molecule has 0 radical (unpaired) electrons. The highest BCUT2D eigenvalue weighted by Gasteiger charge is 2.09. The van der Waals surface area contributed by atoms with E-state index in [9.17, 15) is 0 Å². The molecule has 0 aliphatic rings. The molecule has 0 aliphatic carbocycles. The molecule has 2 aromatic heterocycles. The molecule has 126 valence electrons. The molecule has 0 aliphatic heterocycles. The number of rotatable bonds is 4. The molecular formula is C21H22N4. The van der Waals surface area contributed by atoms with Crippen molar-refractivity contribution in [1.29, 1.82) is 0 Å². The van der Waals surface area contributed by atoms with Crippen molar-refractivity contribution in [2.45, 2.75) is 26.9 Å². The molecular weight excluding hydrogens is 308 g/mol. The predicted octanol–water partition coefficient (Wildman–Crippen LogP) is 4.13. The molecule has 4 aromatic rings. The van der Waals surface area contributed by atoms with Gasteiger partial charge < -0.3 is 0 Å². The molecule has 0 amide bonds. The fraction of sp³-hybridized carbons (Fsp3) is 0.238. The zero-order valence-electron chi connectivity index (χ0n) is 14.9. The molecule has 4 heteroatoms. The Morgan fingerprint density at radius 1 is 0.920 bits per heavy atom. The molecule has 25 heavy (non-hydrogen) atoms. The first kappa shape index (κ1) is 15.8.